The zero-order valence-corrected chi connectivity index (χ0v) is 12.6. The number of benzene rings is 1. The van der Waals surface area contributed by atoms with Crippen molar-refractivity contribution >= 4 is 34.0 Å². The van der Waals surface area contributed by atoms with Crippen molar-refractivity contribution in [1.82, 2.24) is 4.98 Å². The largest absolute Gasteiger partial charge is 0.489 e. The topological polar surface area (TPSA) is 51.2 Å². The number of fused-ring (bicyclic) bond motifs is 1. The third kappa shape index (κ3) is 2.51. The Morgan fingerprint density at radius 2 is 2.35 bits per heavy atom. The van der Waals surface area contributed by atoms with Crippen LogP contribution in [-0.4, -0.2) is 17.0 Å². The van der Waals surface area contributed by atoms with E-state index in [4.69, 9.17) is 16.3 Å². The lowest BCUT2D eigenvalue weighted by molar-refractivity contribution is 0.102. The van der Waals surface area contributed by atoms with Crippen molar-refractivity contribution in [2.45, 2.75) is 26.4 Å². The van der Waals surface area contributed by atoms with Gasteiger partial charge >= 0.3 is 0 Å². The molecule has 0 bridgehead atoms. The Morgan fingerprint density at radius 3 is 3.05 bits per heavy atom. The summed E-state index contributed by atoms with van der Waals surface area (Å²) in [6, 6.07) is 3.49. The zero-order chi connectivity index (χ0) is 14.3. The number of halogens is 1. The first-order valence-electron chi connectivity index (χ1n) is 6.26. The lowest BCUT2D eigenvalue weighted by atomic mass is 10.1. The highest BCUT2D eigenvalue weighted by molar-refractivity contribution is 7.15. The number of hydrogen-bond acceptors (Lipinski definition) is 4. The number of thiazole rings is 1. The monoisotopic (exact) mass is 308 g/mol. The number of amides is 1. The minimum Gasteiger partial charge on any atom is -0.489 e. The average molecular weight is 309 g/mol. The number of carbonyl (C=O) groups excluding carboxylic acids is 1. The third-order valence-electron chi connectivity index (χ3n) is 3.04. The van der Waals surface area contributed by atoms with Gasteiger partial charge in [0, 0.05) is 28.1 Å². The number of carbonyl (C=O) groups is 1. The van der Waals surface area contributed by atoms with E-state index in [9.17, 15) is 4.79 Å². The number of hydrogen-bond donors (Lipinski definition) is 1. The van der Waals surface area contributed by atoms with Gasteiger partial charge in [0.25, 0.3) is 5.91 Å². The molecule has 0 aliphatic carbocycles. The SMILES string of the molecule is Cc1cnc(NC(=O)c2cc(Cl)cc3c2OC(C)C3)s1. The van der Waals surface area contributed by atoms with Crippen LogP contribution < -0.4 is 10.1 Å². The van der Waals surface area contributed by atoms with Crippen LogP contribution in [0, 0.1) is 6.92 Å². The molecule has 1 unspecified atom stereocenters. The Balaban J connectivity index is 1.92. The van der Waals surface area contributed by atoms with Crippen LogP contribution in [0.2, 0.25) is 5.02 Å². The number of rotatable bonds is 2. The standard InChI is InChI=1S/C14H13ClN2O2S/c1-7-3-9-4-10(15)5-11(12(9)19-7)13(18)17-14-16-6-8(2)20-14/h4-7H,3H2,1-2H3,(H,16,17,18). The predicted molar refractivity (Wildman–Crippen MR) is 80.1 cm³/mol. The van der Waals surface area contributed by atoms with Crippen LogP contribution in [0.3, 0.4) is 0 Å². The van der Waals surface area contributed by atoms with E-state index in [1.165, 1.54) is 11.3 Å². The first-order valence-corrected chi connectivity index (χ1v) is 7.45. The minimum atomic E-state index is -0.243. The van der Waals surface area contributed by atoms with Crippen molar-refractivity contribution in [3.8, 4) is 5.75 Å². The Kier molecular flexibility index (Phi) is 3.40. The van der Waals surface area contributed by atoms with E-state index in [0.717, 1.165) is 16.9 Å². The van der Waals surface area contributed by atoms with Gasteiger partial charge in [0.05, 0.1) is 5.56 Å². The average Bonchev–Trinajstić information content (AvgIpc) is 2.93. The predicted octanol–water partition coefficient (Wildman–Crippen LogP) is 3.68. The maximum absolute atomic E-state index is 12.4. The molecule has 1 atom stereocenters. The van der Waals surface area contributed by atoms with Gasteiger partial charge in [-0.25, -0.2) is 4.98 Å². The Hall–Kier alpha value is -1.59. The molecular weight excluding hydrogens is 296 g/mol. The minimum absolute atomic E-state index is 0.0668. The lowest BCUT2D eigenvalue weighted by Gasteiger charge is -2.09. The molecule has 6 heteroatoms. The molecule has 1 aliphatic rings. The summed E-state index contributed by atoms with van der Waals surface area (Å²) in [5.41, 5.74) is 1.44. The van der Waals surface area contributed by atoms with Gasteiger partial charge in [0.2, 0.25) is 0 Å². The fourth-order valence-corrected chi connectivity index (χ4v) is 3.14. The highest BCUT2D eigenvalue weighted by Gasteiger charge is 2.26. The smallest absolute Gasteiger partial charge is 0.261 e. The summed E-state index contributed by atoms with van der Waals surface area (Å²) in [6.07, 6.45) is 2.56. The van der Waals surface area contributed by atoms with E-state index < -0.39 is 0 Å². The van der Waals surface area contributed by atoms with Crippen molar-refractivity contribution < 1.29 is 9.53 Å². The van der Waals surface area contributed by atoms with Crippen LogP contribution in [0.15, 0.2) is 18.3 Å². The van der Waals surface area contributed by atoms with Crippen LogP contribution in [0.4, 0.5) is 5.13 Å². The molecule has 1 amide bonds. The van der Waals surface area contributed by atoms with E-state index >= 15 is 0 Å². The molecule has 4 nitrogen and oxygen atoms in total. The summed E-state index contributed by atoms with van der Waals surface area (Å²) in [5.74, 6) is 0.389. The second-order valence-electron chi connectivity index (χ2n) is 4.80. The normalized spacial score (nSPS) is 16.6. The molecule has 2 heterocycles. The van der Waals surface area contributed by atoms with Crippen LogP contribution in [-0.2, 0) is 6.42 Å². The second kappa shape index (κ2) is 5.07. The number of aromatic nitrogens is 1. The summed E-state index contributed by atoms with van der Waals surface area (Å²) in [6.45, 7) is 3.91. The van der Waals surface area contributed by atoms with Crippen LogP contribution in [0.1, 0.15) is 27.7 Å². The lowest BCUT2D eigenvalue weighted by Crippen LogP contribution is -2.14. The molecule has 0 saturated carbocycles. The molecule has 0 saturated heterocycles. The molecule has 20 heavy (non-hydrogen) atoms. The van der Waals surface area contributed by atoms with E-state index in [1.54, 1.807) is 12.3 Å². The molecule has 1 aromatic carbocycles. The maximum atomic E-state index is 12.4. The summed E-state index contributed by atoms with van der Waals surface area (Å²) in [5, 5.41) is 3.90. The summed E-state index contributed by atoms with van der Waals surface area (Å²) >= 11 is 7.51. The van der Waals surface area contributed by atoms with Gasteiger partial charge in [-0.15, -0.1) is 11.3 Å². The van der Waals surface area contributed by atoms with E-state index in [0.29, 0.717) is 21.5 Å². The fraction of sp³-hybridized carbons (Fsp3) is 0.286. The zero-order valence-electron chi connectivity index (χ0n) is 11.1. The number of nitrogens with one attached hydrogen (secondary N) is 1. The number of ether oxygens (including phenoxy) is 1. The quantitative estimate of drug-likeness (QED) is 0.920. The molecule has 0 spiro atoms. The highest BCUT2D eigenvalue weighted by atomic mass is 35.5. The van der Waals surface area contributed by atoms with Crippen molar-refractivity contribution in [3.63, 3.8) is 0 Å². The Morgan fingerprint density at radius 1 is 1.55 bits per heavy atom. The van der Waals surface area contributed by atoms with Gasteiger partial charge in [0.15, 0.2) is 5.13 Å². The molecule has 2 aromatic rings. The van der Waals surface area contributed by atoms with E-state index in [1.807, 2.05) is 19.9 Å². The van der Waals surface area contributed by atoms with Gasteiger partial charge in [-0.3, -0.25) is 10.1 Å². The number of anilines is 1. The molecule has 0 fully saturated rings. The highest BCUT2D eigenvalue weighted by Crippen LogP contribution is 2.35. The maximum Gasteiger partial charge on any atom is 0.261 e. The molecule has 1 aliphatic heterocycles. The van der Waals surface area contributed by atoms with Crippen LogP contribution >= 0.6 is 22.9 Å². The summed E-state index contributed by atoms with van der Waals surface area (Å²) in [4.78, 5) is 17.5. The van der Waals surface area contributed by atoms with Gasteiger partial charge in [0.1, 0.15) is 11.9 Å². The molecular formula is C14H13ClN2O2S. The molecule has 1 N–H and O–H groups in total. The fourth-order valence-electron chi connectivity index (χ4n) is 2.24. The van der Waals surface area contributed by atoms with Gasteiger partial charge in [-0.05, 0) is 26.0 Å². The number of aryl methyl sites for hydroxylation is 1. The molecule has 3 rings (SSSR count). The van der Waals surface area contributed by atoms with Crippen molar-refractivity contribution in [1.29, 1.82) is 0 Å². The van der Waals surface area contributed by atoms with E-state index in [2.05, 4.69) is 10.3 Å². The van der Waals surface area contributed by atoms with Crippen LogP contribution in [0.5, 0.6) is 5.75 Å². The molecule has 1 aromatic heterocycles. The third-order valence-corrected chi connectivity index (χ3v) is 4.09. The number of nitrogens with zero attached hydrogens (tertiary/aromatic N) is 1. The Labute approximate surface area is 125 Å². The van der Waals surface area contributed by atoms with Crippen molar-refractivity contribution in [3.05, 3.63) is 39.4 Å². The Bertz CT molecular complexity index is 684. The van der Waals surface area contributed by atoms with Gasteiger partial charge < -0.3 is 4.74 Å². The van der Waals surface area contributed by atoms with Crippen molar-refractivity contribution in [2.24, 2.45) is 0 Å². The molecule has 0 radical (unpaired) electrons. The summed E-state index contributed by atoms with van der Waals surface area (Å²) < 4.78 is 5.72. The van der Waals surface area contributed by atoms with Gasteiger partial charge in [-0.2, -0.15) is 0 Å². The van der Waals surface area contributed by atoms with Gasteiger partial charge in [-0.1, -0.05) is 11.6 Å². The summed E-state index contributed by atoms with van der Waals surface area (Å²) in [7, 11) is 0. The van der Waals surface area contributed by atoms with Crippen LogP contribution in [0.25, 0.3) is 0 Å². The first kappa shape index (κ1) is 13.4. The second-order valence-corrected chi connectivity index (χ2v) is 6.48. The first-order chi connectivity index (χ1) is 9.52. The van der Waals surface area contributed by atoms with E-state index in [-0.39, 0.29) is 12.0 Å². The van der Waals surface area contributed by atoms with Crippen molar-refractivity contribution in [2.75, 3.05) is 5.32 Å². The molecule has 104 valence electrons.